The second kappa shape index (κ2) is 4.69. The number of benzene rings is 1. The van der Waals surface area contributed by atoms with Crippen LogP contribution in [0.2, 0.25) is 0 Å². The van der Waals surface area contributed by atoms with Crippen LogP contribution in [0, 0.1) is 6.92 Å². The molecule has 1 aromatic heterocycles. The number of carbonyl (C=O) groups is 1. The van der Waals surface area contributed by atoms with Gasteiger partial charge in [0.1, 0.15) is 0 Å². The molecule has 0 saturated heterocycles. The van der Waals surface area contributed by atoms with E-state index in [1.807, 2.05) is 6.92 Å². The molecule has 0 fully saturated rings. The second-order valence-electron chi connectivity index (χ2n) is 3.74. The van der Waals surface area contributed by atoms with E-state index < -0.39 is 0 Å². The number of amides is 1. The Morgan fingerprint density at radius 2 is 2.12 bits per heavy atom. The molecule has 0 atom stereocenters. The molecule has 0 radical (unpaired) electrons. The topological polar surface area (TPSA) is 81.2 Å². The highest BCUT2D eigenvalue weighted by atomic mass is 16.5. The van der Waals surface area contributed by atoms with Crippen LogP contribution in [0.25, 0.3) is 0 Å². The van der Waals surface area contributed by atoms with Crippen molar-refractivity contribution in [2.45, 2.75) is 13.5 Å². The lowest BCUT2D eigenvalue weighted by Gasteiger charge is -2.02. The molecule has 0 aliphatic rings. The molecule has 3 N–H and O–H groups in total. The molecule has 5 nitrogen and oxygen atoms in total. The Morgan fingerprint density at radius 1 is 1.41 bits per heavy atom. The summed E-state index contributed by atoms with van der Waals surface area (Å²) in [7, 11) is 0. The fourth-order valence-electron chi connectivity index (χ4n) is 1.40. The zero-order valence-electron chi connectivity index (χ0n) is 9.43. The van der Waals surface area contributed by atoms with Gasteiger partial charge >= 0.3 is 0 Å². The average Bonchev–Trinajstić information content (AvgIpc) is 2.73. The maximum Gasteiger partial charge on any atom is 0.251 e. The first-order valence-corrected chi connectivity index (χ1v) is 5.21. The Hall–Kier alpha value is -2.30. The van der Waals surface area contributed by atoms with Crippen LogP contribution in [-0.4, -0.2) is 11.1 Å². The maximum atomic E-state index is 11.7. The SMILES string of the molecule is Cc1cc(CNC(=O)c2ccc(N)cc2)on1. The molecule has 5 heteroatoms. The lowest BCUT2D eigenvalue weighted by Crippen LogP contribution is -2.22. The Kier molecular flexibility index (Phi) is 3.09. The van der Waals surface area contributed by atoms with Gasteiger partial charge in [-0.2, -0.15) is 0 Å². The van der Waals surface area contributed by atoms with Crippen molar-refractivity contribution in [3.63, 3.8) is 0 Å². The summed E-state index contributed by atoms with van der Waals surface area (Å²) in [5, 5.41) is 6.47. The normalized spacial score (nSPS) is 10.2. The number of nitrogens with two attached hydrogens (primary N) is 1. The van der Waals surface area contributed by atoms with Crippen molar-refractivity contribution >= 4 is 11.6 Å². The highest BCUT2D eigenvalue weighted by Crippen LogP contribution is 2.06. The molecule has 0 saturated carbocycles. The Balaban J connectivity index is 1.95. The Morgan fingerprint density at radius 3 is 2.71 bits per heavy atom. The summed E-state index contributed by atoms with van der Waals surface area (Å²) in [4.78, 5) is 11.7. The largest absolute Gasteiger partial charge is 0.399 e. The fraction of sp³-hybridized carbons (Fsp3) is 0.167. The van der Waals surface area contributed by atoms with Gasteiger partial charge in [0.2, 0.25) is 0 Å². The third-order valence-electron chi connectivity index (χ3n) is 2.27. The van der Waals surface area contributed by atoms with E-state index in [1.165, 1.54) is 0 Å². The van der Waals surface area contributed by atoms with Crippen molar-refractivity contribution in [1.29, 1.82) is 0 Å². The molecule has 88 valence electrons. The quantitative estimate of drug-likeness (QED) is 0.784. The first-order valence-electron chi connectivity index (χ1n) is 5.21. The monoisotopic (exact) mass is 231 g/mol. The maximum absolute atomic E-state index is 11.7. The number of nitrogens with one attached hydrogen (secondary N) is 1. The standard InChI is InChI=1S/C12H13N3O2/c1-8-6-11(17-15-8)7-14-12(16)9-2-4-10(13)5-3-9/h2-6H,7,13H2,1H3,(H,14,16). The minimum Gasteiger partial charge on any atom is -0.399 e. The van der Waals surface area contributed by atoms with Crippen LogP contribution in [0.3, 0.4) is 0 Å². The molecule has 1 amide bonds. The summed E-state index contributed by atoms with van der Waals surface area (Å²) < 4.78 is 4.98. The van der Waals surface area contributed by atoms with Gasteiger partial charge < -0.3 is 15.6 Å². The zero-order valence-corrected chi connectivity index (χ0v) is 9.43. The number of nitrogen functional groups attached to an aromatic ring is 1. The smallest absolute Gasteiger partial charge is 0.251 e. The van der Waals surface area contributed by atoms with Gasteiger partial charge in [0.05, 0.1) is 12.2 Å². The van der Waals surface area contributed by atoms with Gasteiger partial charge in [0.15, 0.2) is 5.76 Å². The third-order valence-corrected chi connectivity index (χ3v) is 2.27. The predicted octanol–water partition coefficient (Wildman–Crippen LogP) is 1.50. The van der Waals surface area contributed by atoms with E-state index in [1.54, 1.807) is 30.3 Å². The van der Waals surface area contributed by atoms with Crippen LogP contribution in [0.4, 0.5) is 5.69 Å². The van der Waals surface area contributed by atoms with Crippen molar-refractivity contribution in [1.82, 2.24) is 10.5 Å². The molecule has 2 aromatic rings. The van der Waals surface area contributed by atoms with E-state index in [2.05, 4.69) is 10.5 Å². The second-order valence-corrected chi connectivity index (χ2v) is 3.74. The van der Waals surface area contributed by atoms with Crippen LogP contribution < -0.4 is 11.1 Å². The van der Waals surface area contributed by atoms with Crippen LogP contribution in [0.1, 0.15) is 21.8 Å². The number of hydrogen-bond acceptors (Lipinski definition) is 4. The summed E-state index contributed by atoms with van der Waals surface area (Å²) in [6.07, 6.45) is 0. The third kappa shape index (κ3) is 2.84. The summed E-state index contributed by atoms with van der Waals surface area (Å²) >= 11 is 0. The van der Waals surface area contributed by atoms with Gasteiger partial charge in [-0.15, -0.1) is 0 Å². The van der Waals surface area contributed by atoms with Crippen molar-refractivity contribution in [3.05, 3.63) is 47.3 Å². The van der Waals surface area contributed by atoms with Crippen molar-refractivity contribution in [2.24, 2.45) is 0 Å². The summed E-state index contributed by atoms with van der Waals surface area (Å²) in [5.74, 6) is 0.463. The summed E-state index contributed by atoms with van der Waals surface area (Å²) in [6.45, 7) is 2.15. The minimum absolute atomic E-state index is 0.168. The van der Waals surface area contributed by atoms with Gasteiger partial charge in [-0.25, -0.2) is 0 Å². The average molecular weight is 231 g/mol. The highest BCUT2D eigenvalue weighted by molar-refractivity contribution is 5.94. The number of nitrogens with zero attached hydrogens (tertiary/aromatic N) is 1. The van der Waals surface area contributed by atoms with Crippen LogP contribution in [-0.2, 0) is 6.54 Å². The van der Waals surface area contributed by atoms with E-state index in [0.29, 0.717) is 23.6 Å². The molecule has 0 unspecified atom stereocenters. The van der Waals surface area contributed by atoms with Gasteiger partial charge in [-0.05, 0) is 31.2 Å². The lowest BCUT2D eigenvalue weighted by molar-refractivity contribution is 0.0947. The number of anilines is 1. The molecule has 2 rings (SSSR count). The first kappa shape index (κ1) is 11.2. The number of rotatable bonds is 3. The van der Waals surface area contributed by atoms with Crippen molar-refractivity contribution in [3.8, 4) is 0 Å². The molecule has 1 aromatic carbocycles. The first-order chi connectivity index (χ1) is 8.15. The van der Waals surface area contributed by atoms with E-state index in [-0.39, 0.29) is 5.91 Å². The van der Waals surface area contributed by atoms with Gasteiger partial charge in [0.25, 0.3) is 5.91 Å². The van der Waals surface area contributed by atoms with Crippen LogP contribution in [0.15, 0.2) is 34.9 Å². The zero-order chi connectivity index (χ0) is 12.3. The molecular formula is C12H13N3O2. The van der Waals surface area contributed by atoms with Gasteiger partial charge in [-0.1, -0.05) is 5.16 Å². The number of carbonyl (C=O) groups excluding carboxylic acids is 1. The number of aryl methyl sites for hydroxylation is 1. The predicted molar refractivity (Wildman–Crippen MR) is 63.3 cm³/mol. The summed E-state index contributed by atoms with van der Waals surface area (Å²) in [6, 6.07) is 8.51. The number of hydrogen-bond donors (Lipinski definition) is 2. The minimum atomic E-state index is -0.168. The van der Waals surface area contributed by atoms with E-state index in [4.69, 9.17) is 10.3 Å². The summed E-state index contributed by atoms with van der Waals surface area (Å²) in [5.41, 5.74) is 7.53. The van der Waals surface area contributed by atoms with Crippen molar-refractivity contribution in [2.75, 3.05) is 5.73 Å². The van der Waals surface area contributed by atoms with Gasteiger partial charge in [0, 0.05) is 17.3 Å². The highest BCUT2D eigenvalue weighted by Gasteiger charge is 2.06. The van der Waals surface area contributed by atoms with Crippen LogP contribution in [0.5, 0.6) is 0 Å². The molecular weight excluding hydrogens is 218 g/mol. The lowest BCUT2D eigenvalue weighted by atomic mass is 10.2. The van der Waals surface area contributed by atoms with E-state index in [0.717, 1.165) is 5.69 Å². The number of aromatic nitrogens is 1. The molecule has 1 heterocycles. The van der Waals surface area contributed by atoms with E-state index in [9.17, 15) is 4.79 Å². The van der Waals surface area contributed by atoms with Gasteiger partial charge in [-0.3, -0.25) is 4.79 Å². The Bertz CT molecular complexity index is 517. The fourth-order valence-corrected chi connectivity index (χ4v) is 1.40. The molecule has 0 spiro atoms. The molecule has 0 aliphatic heterocycles. The van der Waals surface area contributed by atoms with Crippen LogP contribution >= 0.6 is 0 Å². The molecule has 0 bridgehead atoms. The molecule has 0 aliphatic carbocycles. The Labute approximate surface area is 98.6 Å². The van der Waals surface area contributed by atoms with Crippen molar-refractivity contribution < 1.29 is 9.32 Å². The molecule has 17 heavy (non-hydrogen) atoms. The van der Waals surface area contributed by atoms with E-state index >= 15 is 0 Å².